The molecular formula is C14H15ClN2O2S. The highest BCUT2D eigenvalue weighted by Crippen LogP contribution is 2.25. The predicted octanol–water partition coefficient (Wildman–Crippen LogP) is 3.66. The lowest BCUT2D eigenvalue weighted by Gasteiger charge is -2.15. The zero-order valence-corrected chi connectivity index (χ0v) is 12.9. The number of hydrogen-bond acceptors (Lipinski definition) is 4. The molecule has 0 aliphatic carbocycles. The van der Waals surface area contributed by atoms with Crippen LogP contribution in [0.2, 0.25) is 0 Å². The van der Waals surface area contributed by atoms with Crippen LogP contribution in [0.5, 0.6) is 5.88 Å². The van der Waals surface area contributed by atoms with Crippen LogP contribution in [0.15, 0.2) is 30.5 Å². The van der Waals surface area contributed by atoms with Crippen LogP contribution < -0.4 is 4.74 Å². The molecule has 0 aliphatic rings. The van der Waals surface area contributed by atoms with E-state index in [2.05, 4.69) is 31.8 Å². The first-order valence-electron chi connectivity index (χ1n) is 6.18. The van der Waals surface area contributed by atoms with Gasteiger partial charge < -0.3 is 4.74 Å². The molecule has 6 heteroatoms. The Morgan fingerprint density at radius 1 is 1.45 bits per heavy atom. The van der Waals surface area contributed by atoms with E-state index >= 15 is 0 Å². The number of aromatic nitrogens is 2. The third-order valence-corrected chi connectivity index (χ3v) is 3.39. The summed E-state index contributed by atoms with van der Waals surface area (Å²) in [5.74, 6) is 0.721. The monoisotopic (exact) mass is 310 g/mol. The molecule has 20 heavy (non-hydrogen) atoms. The maximum absolute atomic E-state index is 11.5. The van der Waals surface area contributed by atoms with Crippen molar-refractivity contribution in [2.24, 2.45) is 0 Å². The number of carbonyl (C=O) groups excluding carboxylic acids is 1. The Bertz CT molecular complexity index is 625. The molecular weight excluding hydrogens is 296 g/mol. The number of ether oxygens (including phenoxy) is 1. The quantitative estimate of drug-likeness (QED) is 0.677. The Balaban J connectivity index is 2.30. The van der Waals surface area contributed by atoms with E-state index in [1.165, 1.54) is 4.09 Å². The molecule has 0 amide bonds. The third-order valence-electron chi connectivity index (χ3n) is 2.96. The first kappa shape index (κ1) is 14.9. The van der Waals surface area contributed by atoms with Gasteiger partial charge in [0, 0.05) is 23.4 Å². The molecule has 4 nitrogen and oxygen atoms in total. The van der Waals surface area contributed by atoms with Gasteiger partial charge in [0.15, 0.2) is 0 Å². The van der Waals surface area contributed by atoms with Gasteiger partial charge in [0.2, 0.25) is 5.88 Å². The summed E-state index contributed by atoms with van der Waals surface area (Å²) in [6, 6.07) is 7.21. The summed E-state index contributed by atoms with van der Waals surface area (Å²) in [5.41, 5.74) is 2.32. The van der Waals surface area contributed by atoms with Crippen molar-refractivity contribution in [3.63, 3.8) is 0 Å². The van der Waals surface area contributed by atoms with E-state index in [0.717, 1.165) is 11.1 Å². The lowest BCUT2D eigenvalue weighted by Crippen LogP contribution is -2.08. The average Bonchev–Trinajstić information content (AvgIpc) is 2.81. The molecule has 2 rings (SSSR count). The van der Waals surface area contributed by atoms with Crippen LogP contribution in [0, 0.1) is 0 Å². The second-order valence-corrected chi connectivity index (χ2v) is 5.42. The van der Waals surface area contributed by atoms with Crippen LogP contribution >= 0.6 is 24.4 Å². The van der Waals surface area contributed by atoms with Crippen molar-refractivity contribution in [2.75, 3.05) is 0 Å². The molecule has 106 valence electrons. The highest BCUT2D eigenvalue weighted by atomic mass is 35.5. The fourth-order valence-corrected chi connectivity index (χ4v) is 2.34. The summed E-state index contributed by atoms with van der Waals surface area (Å²) in [7, 11) is 0. The number of thiol groups is 1. The Morgan fingerprint density at radius 3 is 2.75 bits per heavy atom. The fraction of sp³-hybridized carbons (Fsp3) is 0.286. The van der Waals surface area contributed by atoms with Crippen LogP contribution in [-0.4, -0.2) is 14.4 Å². The van der Waals surface area contributed by atoms with Crippen LogP contribution in [0.25, 0.3) is 0 Å². The molecule has 0 fully saturated rings. The van der Waals surface area contributed by atoms with Gasteiger partial charge in [0.1, 0.15) is 6.61 Å². The highest BCUT2D eigenvalue weighted by Gasteiger charge is 2.16. The largest absolute Gasteiger partial charge is 0.472 e. The number of hydrogen-bond donors (Lipinski definition) is 1. The topological polar surface area (TPSA) is 44.1 Å². The molecule has 0 spiro atoms. The van der Waals surface area contributed by atoms with E-state index in [1.807, 2.05) is 12.1 Å². The summed E-state index contributed by atoms with van der Waals surface area (Å²) in [4.78, 5) is 11.5. The molecule has 1 aromatic carbocycles. The molecule has 0 N–H and O–H groups in total. The van der Waals surface area contributed by atoms with Crippen molar-refractivity contribution in [1.82, 2.24) is 9.19 Å². The molecule has 0 atom stereocenters. The van der Waals surface area contributed by atoms with Crippen LogP contribution in [0.3, 0.4) is 0 Å². The minimum Gasteiger partial charge on any atom is -0.472 e. The Labute approximate surface area is 128 Å². The third kappa shape index (κ3) is 3.35. The first-order chi connectivity index (χ1) is 9.49. The molecule has 0 radical (unpaired) electrons. The summed E-state index contributed by atoms with van der Waals surface area (Å²) >= 11 is 9.69. The lowest BCUT2D eigenvalue weighted by atomic mass is 9.94. The lowest BCUT2D eigenvalue weighted by molar-refractivity contribution is 0.107. The number of halogens is 1. The second-order valence-electron chi connectivity index (χ2n) is 4.66. The van der Waals surface area contributed by atoms with Crippen molar-refractivity contribution >= 4 is 29.7 Å². The average molecular weight is 311 g/mol. The van der Waals surface area contributed by atoms with Gasteiger partial charge in [0.25, 0.3) is 5.24 Å². The van der Waals surface area contributed by atoms with E-state index in [4.69, 9.17) is 16.3 Å². The first-order valence-corrected chi connectivity index (χ1v) is 6.96. The van der Waals surface area contributed by atoms with E-state index in [0.29, 0.717) is 11.4 Å². The van der Waals surface area contributed by atoms with Gasteiger partial charge in [-0.1, -0.05) is 26.0 Å². The maximum Gasteiger partial charge on any atom is 0.252 e. The Morgan fingerprint density at radius 2 is 2.20 bits per heavy atom. The standard InChI is InChI=1S/C14H15ClN2O2S/c1-9(2)10-4-3-5-11(14(15)18)12(10)8-19-13-6-7-17(20)16-13/h3-7,9,20H,8H2,1-2H3. The Kier molecular flexibility index (Phi) is 4.73. The number of carbonyl (C=O) groups is 1. The van der Waals surface area contributed by atoms with Crippen molar-refractivity contribution in [3.05, 3.63) is 47.2 Å². The van der Waals surface area contributed by atoms with E-state index in [1.54, 1.807) is 18.3 Å². The SMILES string of the molecule is CC(C)c1cccc(C(=O)Cl)c1COc1ccn(S)n1. The molecule has 0 saturated heterocycles. The van der Waals surface area contributed by atoms with Crippen molar-refractivity contribution in [2.45, 2.75) is 26.4 Å². The number of rotatable bonds is 5. The molecule has 0 saturated carbocycles. The molecule has 0 unspecified atom stereocenters. The predicted molar refractivity (Wildman–Crippen MR) is 81.7 cm³/mol. The van der Waals surface area contributed by atoms with Crippen LogP contribution in [0.1, 0.15) is 41.3 Å². The van der Waals surface area contributed by atoms with Gasteiger partial charge in [-0.25, -0.2) is 4.09 Å². The van der Waals surface area contributed by atoms with Gasteiger partial charge in [-0.15, -0.1) is 5.10 Å². The minimum atomic E-state index is -0.481. The molecule has 1 aromatic heterocycles. The van der Waals surface area contributed by atoms with Gasteiger partial charge in [-0.3, -0.25) is 4.79 Å². The van der Waals surface area contributed by atoms with E-state index < -0.39 is 5.24 Å². The molecule has 1 heterocycles. The van der Waals surface area contributed by atoms with E-state index in [9.17, 15) is 4.79 Å². The van der Waals surface area contributed by atoms with Gasteiger partial charge in [-0.05, 0) is 42.0 Å². The smallest absolute Gasteiger partial charge is 0.252 e. The zero-order valence-electron chi connectivity index (χ0n) is 11.2. The highest BCUT2D eigenvalue weighted by molar-refractivity contribution is 7.78. The van der Waals surface area contributed by atoms with Crippen molar-refractivity contribution in [1.29, 1.82) is 0 Å². The van der Waals surface area contributed by atoms with Crippen molar-refractivity contribution < 1.29 is 9.53 Å². The minimum absolute atomic E-state index is 0.243. The van der Waals surface area contributed by atoms with Crippen LogP contribution in [0.4, 0.5) is 0 Å². The van der Waals surface area contributed by atoms with Gasteiger partial charge >= 0.3 is 0 Å². The van der Waals surface area contributed by atoms with E-state index in [-0.39, 0.29) is 12.5 Å². The molecule has 0 bridgehead atoms. The molecule has 2 aromatic rings. The number of nitrogens with zero attached hydrogens (tertiary/aromatic N) is 2. The summed E-state index contributed by atoms with van der Waals surface area (Å²) in [5, 5.41) is 3.53. The summed E-state index contributed by atoms with van der Waals surface area (Å²) in [6.07, 6.45) is 1.67. The van der Waals surface area contributed by atoms with Crippen LogP contribution in [-0.2, 0) is 6.61 Å². The molecule has 0 aliphatic heterocycles. The second kappa shape index (κ2) is 6.33. The Hall–Kier alpha value is -1.46. The normalized spacial score (nSPS) is 10.8. The van der Waals surface area contributed by atoms with Gasteiger partial charge in [-0.2, -0.15) is 0 Å². The fourth-order valence-electron chi connectivity index (χ4n) is 2.01. The summed E-state index contributed by atoms with van der Waals surface area (Å²) < 4.78 is 6.96. The summed E-state index contributed by atoms with van der Waals surface area (Å²) in [6.45, 7) is 4.36. The maximum atomic E-state index is 11.5. The number of benzene rings is 1. The van der Waals surface area contributed by atoms with Gasteiger partial charge in [0.05, 0.1) is 0 Å². The van der Waals surface area contributed by atoms with Crippen molar-refractivity contribution in [3.8, 4) is 5.88 Å². The zero-order chi connectivity index (χ0) is 14.7.